The summed E-state index contributed by atoms with van der Waals surface area (Å²) in [6.07, 6.45) is -25.6. The van der Waals surface area contributed by atoms with Gasteiger partial charge in [-0.3, -0.25) is 43.2 Å². The second-order valence-corrected chi connectivity index (χ2v) is 13.9. The molecule has 3 rings (SSSR count). The summed E-state index contributed by atoms with van der Waals surface area (Å²) in [5, 5.41) is 0. The summed E-state index contributed by atoms with van der Waals surface area (Å²) >= 11 is 0. The van der Waals surface area contributed by atoms with E-state index >= 15 is 4.39 Å². The third-order valence-electron chi connectivity index (χ3n) is 8.70. The number of esters is 9. The first-order valence-corrected chi connectivity index (χ1v) is 18.9. The molecule has 3 aliphatic heterocycles. The number of methoxy groups -OCH3 is 1. The summed E-state index contributed by atoms with van der Waals surface area (Å²) in [5.74, 6) is -8.32. The fourth-order valence-corrected chi connectivity index (χ4v) is 6.66. The second-order valence-electron chi connectivity index (χ2n) is 13.9. The van der Waals surface area contributed by atoms with E-state index in [9.17, 15) is 43.2 Å². The lowest BCUT2D eigenvalue weighted by Crippen LogP contribution is -2.65. The van der Waals surface area contributed by atoms with E-state index in [1.54, 1.807) is 0 Å². The van der Waals surface area contributed by atoms with E-state index in [-0.39, 0.29) is 0 Å². The van der Waals surface area contributed by atoms with Crippen LogP contribution in [0.5, 0.6) is 0 Å². The zero-order valence-electron chi connectivity index (χ0n) is 35.5. The van der Waals surface area contributed by atoms with E-state index in [0.717, 1.165) is 62.3 Å². The number of rotatable bonds is 17. The van der Waals surface area contributed by atoms with Gasteiger partial charge in [0.2, 0.25) is 0 Å². The van der Waals surface area contributed by atoms with Gasteiger partial charge in [0.05, 0.1) is 13.2 Å². The van der Waals surface area contributed by atoms with E-state index in [4.69, 9.17) is 71.1 Å². The molecule has 62 heavy (non-hydrogen) atoms. The van der Waals surface area contributed by atoms with Crippen LogP contribution in [0, 0.1) is 0 Å². The van der Waals surface area contributed by atoms with Gasteiger partial charge in [0.1, 0.15) is 24.9 Å². The Bertz CT molecular complexity index is 1640. The lowest BCUT2D eigenvalue weighted by Gasteiger charge is -2.46. The van der Waals surface area contributed by atoms with E-state index in [1.165, 1.54) is 7.11 Å². The number of carbonyl (C=O) groups is 9. The number of carbonyl (C=O) groups excluding carboxylic acids is 9. The van der Waals surface area contributed by atoms with Crippen molar-refractivity contribution < 1.29 is 119 Å². The summed E-state index contributed by atoms with van der Waals surface area (Å²) in [6.45, 7) is 6.86. The van der Waals surface area contributed by atoms with Gasteiger partial charge in [-0.1, -0.05) is 0 Å². The maximum absolute atomic E-state index is 16.2. The zero-order valence-corrected chi connectivity index (χ0v) is 35.5. The lowest BCUT2D eigenvalue weighted by molar-refractivity contribution is -0.342. The monoisotopic (exact) mass is 898 g/mol. The number of hydrogen-bond acceptors (Lipinski definition) is 24. The molecule has 0 radical (unpaired) electrons. The fourth-order valence-electron chi connectivity index (χ4n) is 6.66. The Morgan fingerprint density at radius 1 is 0.371 bits per heavy atom. The van der Waals surface area contributed by atoms with Crippen LogP contribution >= 0.6 is 0 Å². The molecule has 15 atom stereocenters. The highest BCUT2D eigenvalue weighted by molar-refractivity contribution is 5.70. The van der Waals surface area contributed by atoms with Crippen molar-refractivity contribution in [2.45, 2.75) is 154 Å². The topological polar surface area (TPSA) is 292 Å². The van der Waals surface area contributed by atoms with Gasteiger partial charge in [-0.2, -0.15) is 0 Å². The van der Waals surface area contributed by atoms with E-state index in [2.05, 4.69) is 0 Å². The Hall–Kier alpha value is -5.08. The minimum atomic E-state index is -2.34. The molecule has 24 nitrogen and oxygen atoms in total. The molecule has 350 valence electrons. The van der Waals surface area contributed by atoms with Crippen molar-refractivity contribution in [1.29, 1.82) is 0 Å². The highest BCUT2D eigenvalue weighted by atomic mass is 19.1. The molecule has 3 fully saturated rings. The van der Waals surface area contributed by atoms with Gasteiger partial charge in [-0.15, -0.1) is 0 Å². The number of hydrogen-bond donors (Lipinski definition) is 0. The van der Waals surface area contributed by atoms with Crippen LogP contribution in [0.1, 0.15) is 62.3 Å². The SMILES string of the molecule is CO[C@@H]1O[C@H](CO[C@@H]2O[C@H](CO[C@@H]3O[C@H](COC(C)=O)[C@H](OC(C)=O)[C@H](F)[C@H]3OC(C)=O)[C@H](OC(C)=O)[C@H](OC(C)=O)[C@H]2OC(C)=O)[C@H](OC(C)=O)[C@H](OC(C)=O)[C@H]1OC(C)=O. The molecule has 25 heteroatoms. The molecule has 3 aliphatic rings. The van der Waals surface area contributed by atoms with Crippen molar-refractivity contribution >= 4 is 53.7 Å². The van der Waals surface area contributed by atoms with Gasteiger partial charge in [-0.05, 0) is 0 Å². The lowest BCUT2D eigenvalue weighted by atomic mass is 9.97. The molecule has 3 saturated heterocycles. The van der Waals surface area contributed by atoms with Crippen molar-refractivity contribution in [3.63, 3.8) is 0 Å². The van der Waals surface area contributed by atoms with Crippen LogP contribution in [-0.2, 0) is 114 Å². The summed E-state index contributed by atoms with van der Waals surface area (Å²) in [6, 6.07) is 0. The van der Waals surface area contributed by atoms with Crippen molar-refractivity contribution in [2.75, 3.05) is 26.9 Å². The van der Waals surface area contributed by atoms with Crippen LogP contribution in [0.2, 0.25) is 0 Å². The average Bonchev–Trinajstić information content (AvgIpc) is 3.14. The number of ether oxygens (including phenoxy) is 15. The van der Waals surface area contributed by atoms with E-state index in [0.29, 0.717) is 0 Å². The average molecular weight is 899 g/mol. The van der Waals surface area contributed by atoms with Crippen LogP contribution in [0.15, 0.2) is 0 Å². The molecule has 0 aromatic rings. The molecule has 0 N–H and O–H groups in total. The maximum atomic E-state index is 16.2. The predicted molar refractivity (Wildman–Crippen MR) is 191 cm³/mol. The Balaban J connectivity index is 2.07. The van der Waals surface area contributed by atoms with Crippen LogP contribution < -0.4 is 0 Å². The van der Waals surface area contributed by atoms with Gasteiger partial charge >= 0.3 is 53.7 Å². The van der Waals surface area contributed by atoms with Gasteiger partial charge in [-0.25, -0.2) is 4.39 Å². The first-order valence-electron chi connectivity index (χ1n) is 18.9. The fraction of sp³-hybridized carbons (Fsp3) is 0.757. The quantitative estimate of drug-likeness (QED) is 0.127. The van der Waals surface area contributed by atoms with Gasteiger partial charge < -0.3 is 71.1 Å². The van der Waals surface area contributed by atoms with E-state index < -0.39 is 166 Å². The maximum Gasteiger partial charge on any atom is 0.303 e. The first kappa shape index (κ1) is 51.3. The summed E-state index contributed by atoms with van der Waals surface area (Å²) in [7, 11) is 1.17. The van der Waals surface area contributed by atoms with Crippen LogP contribution in [0.25, 0.3) is 0 Å². The number of alkyl halides is 1. The second kappa shape index (κ2) is 23.4. The molecule has 0 aliphatic carbocycles. The van der Waals surface area contributed by atoms with Crippen LogP contribution in [-0.4, -0.2) is 173 Å². The molecule has 0 aromatic heterocycles. The molecular formula is C37H51FO24. The molecule has 0 aromatic carbocycles. The van der Waals surface area contributed by atoms with Gasteiger partial charge in [0.25, 0.3) is 0 Å². The van der Waals surface area contributed by atoms with Crippen molar-refractivity contribution in [3.05, 3.63) is 0 Å². The highest BCUT2D eigenvalue weighted by Gasteiger charge is 2.57. The molecule has 0 spiro atoms. The summed E-state index contributed by atoms with van der Waals surface area (Å²) in [5.41, 5.74) is 0. The largest absolute Gasteiger partial charge is 0.463 e. The van der Waals surface area contributed by atoms with Gasteiger partial charge in [0, 0.05) is 69.4 Å². The van der Waals surface area contributed by atoms with E-state index in [1.807, 2.05) is 0 Å². The zero-order chi connectivity index (χ0) is 46.6. The predicted octanol–water partition coefficient (Wildman–Crippen LogP) is -0.804. The molecule has 0 amide bonds. The van der Waals surface area contributed by atoms with Crippen LogP contribution in [0.4, 0.5) is 4.39 Å². The number of halogens is 1. The third kappa shape index (κ3) is 14.8. The molecule has 0 bridgehead atoms. The summed E-state index contributed by atoms with van der Waals surface area (Å²) in [4.78, 5) is 110. The van der Waals surface area contributed by atoms with Crippen molar-refractivity contribution in [2.24, 2.45) is 0 Å². The van der Waals surface area contributed by atoms with Crippen molar-refractivity contribution in [1.82, 2.24) is 0 Å². The normalized spacial score (nSPS) is 33.0. The minimum Gasteiger partial charge on any atom is -0.463 e. The molecular weight excluding hydrogens is 847 g/mol. The smallest absolute Gasteiger partial charge is 0.303 e. The third-order valence-corrected chi connectivity index (χ3v) is 8.70. The Kier molecular flexibility index (Phi) is 19.3. The van der Waals surface area contributed by atoms with Gasteiger partial charge in [0.15, 0.2) is 73.9 Å². The minimum absolute atomic E-state index is 0.660. The van der Waals surface area contributed by atoms with Crippen LogP contribution in [0.3, 0.4) is 0 Å². The Labute approximate surface area is 353 Å². The Morgan fingerprint density at radius 2 is 0.661 bits per heavy atom. The van der Waals surface area contributed by atoms with Crippen molar-refractivity contribution in [3.8, 4) is 0 Å². The molecule has 3 heterocycles. The first-order chi connectivity index (χ1) is 29.0. The summed E-state index contributed by atoms with van der Waals surface area (Å²) < 4.78 is 99.1. The Morgan fingerprint density at radius 3 is 1.03 bits per heavy atom. The highest BCUT2D eigenvalue weighted by Crippen LogP contribution is 2.35. The standard InChI is InChI=1S/C37H51FO24/c1-14(39)49-11-23-27(52-15(2)40)26(38)30(55-18(5)43)36(61-23)50-13-25-29(54-17(4)42)32(57-20(7)45)34(59-22(9)47)37(62-25)51-12-24-28(53-16(3)41)31(56-19(6)44)33(58-21(8)46)35(48-10)60-24/h23-37H,11-13H2,1-10H3/t23-,24-,25-,26+,27+,28+,29+,30-,31+,32+,33-,34-,35-,36-,37-/m1/s1. The molecule has 0 unspecified atom stereocenters. The molecule has 0 saturated carbocycles.